The van der Waals surface area contributed by atoms with E-state index in [2.05, 4.69) is 55.0 Å². The van der Waals surface area contributed by atoms with Crippen molar-refractivity contribution in [3.05, 3.63) is 53.5 Å². The molecule has 0 radical (unpaired) electrons. The number of amides is 1. The number of thioether (sulfide) groups is 1. The summed E-state index contributed by atoms with van der Waals surface area (Å²) in [7, 11) is 0. The number of aromatic nitrogens is 4. The Labute approximate surface area is 199 Å². The summed E-state index contributed by atoms with van der Waals surface area (Å²) in [6.45, 7) is 11.7. The van der Waals surface area contributed by atoms with Gasteiger partial charge in [-0.2, -0.15) is 0 Å². The van der Waals surface area contributed by atoms with Crippen LogP contribution in [0.3, 0.4) is 0 Å². The van der Waals surface area contributed by atoms with E-state index in [0.29, 0.717) is 17.3 Å². The van der Waals surface area contributed by atoms with Crippen molar-refractivity contribution in [3.8, 4) is 5.69 Å². The highest BCUT2D eigenvalue weighted by atomic mass is 32.2. The van der Waals surface area contributed by atoms with Crippen LogP contribution in [0.4, 0.5) is 0 Å². The van der Waals surface area contributed by atoms with Gasteiger partial charge in [-0.3, -0.25) is 9.36 Å². The summed E-state index contributed by atoms with van der Waals surface area (Å²) in [6, 6.07) is 8.53. The topological polar surface area (TPSA) is 77.1 Å². The van der Waals surface area contributed by atoms with Crippen molar-refractivity contribution in [1.29, 1.82) is 0 Å². The van der Waals surface area contributed by atoms with Gasteiger partial charge in [-0.05, 0) is 61.6 Å². The van der Waals surface area contributed by atoms with E-state index >= 15 is 0 Å². The summed E-state index contributed by atoms with van der Waals surface area (Å²) in [5.41, 5.74) is 3.07. The number of aryl methyl sites for hydroxylation is 2. The van der Waals surface area contributed by atoms with E-state index in [4.69, 9.17) is 4.42 Å². The van der Waals surface area contributed by atoms with Crippen LogP contribution < -0.4 is 0 Å². The van der Waals surface area contributed by atoms with Crippen molar-refractivity contribution in [2.24, 2.45) is 10.8 Å². The molecule has 2 aliphatic rings. The standard InChI is InChI=1S/C25H31N5O2S/c1-16-7-6-8-18(9-16)30-17(2)27-28-23(30)33-13-21-26-20(12-32-21)22(31)29-15-25(5)11-19(29)10-24(3,4)14-25/h6-9,12,19H,10-11,13-15H2,1-5H3. The molecule has 2 atom stereocenters. The van der Waals surface area contributed by atoms with E-state index in [1.807, 2.05) is 28.5 Å². The monoisotopic (exact) mass is 465 g/mol. The van der Waals surface area contributed by atoms with Gasteiger partial charge in [0.25, 0.3) is 5.91 Å². The molecular weight excluding hydrogens is 434 g/mol. The normalized spacial score (nSPS) is 23.8. The third kappa shape index (κ3) is 4.33. The van der Waals surface area contributed by atoms with Gasteiger partial charge in [-0.1, -0.05) is 44.7 Å². The van der Waals surface area contributed by atoms with E-state index < -0.39 is 0 Å². The molecular formula is C25H31N5O2S. The van der Waals surface area contributed by atoms with Crippen LogP contribution in [0.2, 0.25) is 0 Å². The van der Waals surface area contributed by atoms with E-state index in [9.17, 15) is 4.79 Å². The fraction of sp³-hybridized carbons (Fsp3) is 0.520. The van der Waals surface area contributed by atoms with Crippen molar-refractivity contribution in [3.63, 3.8) is 0 Å². The molecule has 1 amide bonds. The quantitative estimate of drug-likeness (QED) is 0.482. The second-order valence-corrected chi connectivity index (χ2v) is 11.7. The molecule has 33 heavy (non-hydrogen) atoms. The van der Waals surface area contributed by atoms with Gasteiger partial charge in [0.2, 0.25) is 5.89 Å². The zero-order valence-electron chi connectivity index (χ0n) is 20.0. The molecule has 1 aliphatic heterocycles. The van der Waals surface area contributed by atoms with Gasteiger partial charge in [0.15, 0.2) is 10.9 Å². The summed E-state index contributed by atoms with van der Waals surface area (Å²) in [6.07, 6.45) is 4.78. The molecule has 2 bridgehead atoms. The van der Waals surface area contributed by atoms with Crippen molar-refractivity contribution in [2.45, 2.75) is 70.8 Å². The Morgan fingerprint density at radius 3 is 2.82 bits per heavy atom. The fourth-order valence-corrected chi connectivity index (χ4v) is 6.80. The number of rotatable bonds is 5. The predicted molar refractivity (Wildman–Crippen MR) is 127 cm³/mol. The maximum absolute atomic E-state index is 13.3. The molecule has 3 aromatic rings. The maximum Gasteiger partial charge on any atom is 0.276 e. The van der Waals surface area contributed by atoms with Crippen molar-refractivity contribution in [1.82, 2.24) is 24.6 Å². The first-order chi connectivity index (χ1) is 15.6. The molecule has 8 heteroatoms. The van der Waals surface area contributed by atoms with Crippen LogP contribution in [0.25, 0.3) is 5.69 Å². The van der Waals surface area contributed by atoms with E-state index in [1.54, 1.807) is 0 Å². The number of nitrogens with zero attached hydrogens (tertiary/aromatic N) is 5. The highest BCUT2D eigenvalue weighted by Crippen LogP contribution is 2.52. The number of benzene rings is 1. The van der Waals surface area contributed by atoms with Crippen LogP contribution in [-0.4, -0.2) is 43.1 Å². The first-order valence-corrected chi connectivity index (χ1v) is 12.5. The smallest absolute Gasteiger partial charge is 0.276 e. The Morgan fingerprint density at radius 1 is 1.21 bits per heavy atom. The number of carbonyl (C=O) groups is 1. The Morgan fingerprint density at radius 2 is 2.03 bits per heavy atom. The summed E-state index contributed by atoms with van der Waals surface area (Å²) in [5.74, 6) is 1.81. The predicted octanol–water partition coefficient (Wildman–Crippen LogP) is 5.21. The molecule has 1 aliphatic carbocycles. The van der Waals surface area contributed by atoms with Gasteiger partial charge in [-0.25, -0.2) is 4.98 Å². The van der Waals surface area contributed by atoms with Gasteiger partial charge < -0.3 is 9.32 Å². The molecule has 7 nitrogen and oxygen atoms in total. The molecule has 5 rings (SSSR count). The molecule has 1 saturated carbocycles. The Hall–Kier alpha value is -2.61. The maximum atomic E-state index is 13.3. The third-order valence-electron chi connectivity index (χ3n) is 6.83. The highest BCUT2D eigenvalue weighted by molar-refractivity contribution is 7.98. The third-order valence-corrected chi connectivity index (χ3v) is 7.74. The van der Waals surface area contributed by atoms with E-state index in [-0.39, 0.29) is 22.8 Å². The van der Waals surface area contributed by atoms with Gasteiger partial charge in [0.1, 0.15) is 12.1 Å². The van der Waals surface area contributed by atoms with E-state index in [1.165, 1.54) is 23.6 Å². The van der Waals surface area contributed by atoms with E-state index in [0.717, 1.165) is 42.5 Å². The largest absolute Gasteiger partial charge is 0.447 e. The minimum Gasteiger partial charge on any atom is -0.447 e. The van der Waals surface area contributed by atoms with Crippen molar-refractivity contribution >= 4 is 17.7 Å². The first kappa shape index (κ1) is 22.2. The molecule has 1 aromatic carbocycles. The van der Waals surface area contributed by atoms with Gasteiger partial charge >= 0.3 is 0 Å². The van der Waals surface area contributed by atoms with Crippen LogP contribution >= 0.6 is 11.8 Å². The highest BCUT2D eigenvalue weighted by Gasteiger charge is 2.51. The van der Waals surface area contributed by atoms with Crippen LogP contribution in [0, 0.1) is 24.7 Å². The van der Waals surface area contributed by atoms with Crippen molar-refractivity contribution < 1.29 is 9.21 Å². The Kier molecular flexibility index (Phi) is 5.39. The molecule has 3 heterocycles. The minimum atomic E-state index is -0.0137. The lowest BCUT2D eigenvalue weighted by atomic mass is 9.65. The summed E-state index contributed by atoms with van der Waals surface area (Å²) < 4.78 is 7.71. The molecule has 2 aromatic heterocycles. The average molecular weight is 466 g/mol. The lowest BCUT2D eigenvalue weighted by Crippen LogP contribution is -2.37. The lowest BCUT2D eigenvalue weighted by Gasteiger charge is -2.39. The van der Waals surface area contributed by atoms with Gasteiger partial charge in [-0.15, -0.1) is 10.2 Å². The minimum absolute atomic E-state index is 0.0137. The SMILES string of the molecule is Cc1cccc(-n2c(C)nnc2SCc2nc(C(=O)N3CC4(C)CC3CC(C)(C)C4)co2)c1. The lowest BCUT2D eigenvalue weighted by molar-refractivity contribution is 0.0702. The molecule has 0 N–H and O–H groups in total. The van der Waals surface area contributed by atoms with Gasteiger partial charge in [0.05, 0.1) is 5.75 Å². The Bertz CT molecular complexity index is 1200. The zero-order chi connectivity index (χ0) is 23.4. The molecule has 2 unspecified atom stereocenters. The van der Waals surface area contributed by atoms with Gasteiger partial charge in [0, 0.05) is 18.3 Å². The molecule has 174 valence electrons. The second kappa shape index (κ2) is 8.01. The van der Waals surface area contributed by atoms with Crippen LogP contribution in [0.15, 0.2) is 40.1 Å². The Balaban J connectivity index is 1.29. The number of likely N-dealkylation sites (tertiary alicyclic amines) is 1. The number of hydrogen-bond donors (Lipinski definition) is 0. The number of carbonyl (C=O) groups excluding carboxylic acids is 1. The number of oxazole rings is 1. The summed E-state index contributed by atoms with van der Waals surface area (Å²) >= 11 is 1.50. The summed E-state index contributed by atoms with van der Waals surface area (Å²) in [4.78, 5) is 19.8. The molecule has 2 fully saturated rings. The number of fused-ring (bicyclic) bond motifs is 2. The fourth-order valence-electron chi connectivity index (χ4n) is 5.95. The second-order valence-electron chi connectivity index (χ2n) is 10.8. The summed E-state index contributed by atoms with van der Waals surface area (Å²) in [5, 5.41) is 9.35. The zero-order valence-corrected chi connectivity index (χ0v) is 20.8. The van der Waals surface area contributed by atoms with Crippen LogP contribution in [-0.2, 0) is 5.75 Å². The van der Waals surface area contributed by atoms with Crippen molar-refractivity contribution in [2.75, 3.05) is 6.54 Å². The molecule has 0 spiro atoms. The first-order valence-electron chi connectivity index (χ1n) is 11.5. The van der Waals surface area contributed by atoms with Crippen LogP contribution in [0.1, 0.15) is 67.8 Å². The number of hydrogen-bond acceptors (Lipinski definition) is 6. The van der Waals surface area contributed by atoms with Crippen LogP contribution in [0.5, 0.6) is 0 Å². The average Bonchev–Trinajstić information content (AvgIpc) is 3.41. The molecule has 1 saturated heterocycles.